The zero-order chi connectivity index (χ0) is 10.8. The number of ether oxygens (including phenoxy) is 1. The normalized spacial score (nSPS) is 12.7. The summed E-state index contributed by atoms with van der Waals surface area (Å²) in [4.78, 5) is 2.32. The quantitative estimate of drug-likeness (QED) is 0.893. The fourth-order valence-corrected chi connectivity index (χ4v) is 3.41. The van der Waals surface area contributed by atoms with E-state index in [1.54, 1.807) is 29.8 Å². The van der Waals surface area contributed by atoms with Crippen LogP contribution in [0.3, 0.4) is 0 Å². The Hall–Kier alpha value is -0.840. The second kappa shape index (κ2) is 4.35. The van der Waals surface area contributed by atoms with E-state index in [-0.39, 0.29) is 6.04 Å². The lowest BCUT2D eigenvalue weighted by molar-refractivity contribution is 0.411. The number of methoxy groups -OCH3 is 1. The molecule has 0 aliphatic rings. The first-order valence-electron chi connectivity index (χ1n) is 4.65. The molecule has 0 aromatic carbocycles. The molecule has 0 aliphatic heterocycles. The second-order valence-corrected chi connectivity index (χ2v) is 5.19. The Balaban J connectivity index is 2.36. The van der Waals surface area contributed by atoms with Gasteiger partial charge in [-0.3, -0.25) is 0 Å². The summed E-state index contributed by atoms with van der Waals surface area (Å²) in [5, 5.41) is 4.08. The van der Waals surface area contributed by atoms with Gasteiger partial charge >= 0.3 is 0 Å². The maximum Gasteiger partial charge on any atom is 0.134 e. The molecule has 2 nitrogen and oxygen atoms in total. The second-order valence-electron chi connectivity index (χ2n) is 3.30. The highest BCUT2D eigenvalue weighted by molar-refractivity contribution is 7.12. The van der Waals surface area contributed by atoms with Crippen LogP contribution in [0, 0.1) is 6.92 Å². The molecule has 4 heteroatoms. The molecule has 2 aromatic rings. The van der Waals surface area contributed by atoms with Crippen LogP contribution in [0.4, 0.5) is 0 Å². The van der Waals surface area contributed by atoms with Gasteiger partial charge in [-0.2, -0.15) is 0 Å². The minimum Gasteiger partial charge on any atom is -0.496 e. The van der Waals surface area contributed by atoms with Crippen molar-refractivity contribution in [1.29, 1.82) is 0 Å². The minimum atomic E-state index is -0.0556. The monoisotopic (exact) mass is 239 g/mol. The molecule has 2 N–H and O–H groups in total. The third-order valence-electron chi connectivity index (χ3n) is 2.34. The maximum absolute atomic E-state index is 6.22. The van der Waals surface area contributed by atoms with Crippen molar-refractivity contribution in [2.24, 2.45) is 5.73 Å². The Morgan fingerprint density at radius 3 is 2.47 bits per heavy atom. The van der Waals surface area contributed by atoms with Crippen LogP contribution >= 0.6 is 22.7 Å². The van der Waals surface area contributed by atoms with Crippen molar-refractivity contribution in [3.63, 3.8) is 0 Å². The number of aryl methyl sites for hydroxylation is 1. The van der Waals surface area contributed by atoms with Crippen molar-refractivity contribution in [3.05, 3.63) is 38.2 Å². The average molecular weight is 239 g/mol. The van der Waals surface area contributed by atoms with Crippen LogP contribution in [0.25, 0.3) is 0 Å². The van der Waals surface area contributed by atoms with Gasteiger partial charge < -0.3 is 10.5 Å². The molecule has 2 rings (SSSR count). The van der Waals surface area contributed by atoms with Gasteiger partial charge in [0.2, 0.25) is 0 Å². The molecular formula is C11H13NOS2. The van der Waals surface area contributed by atoms with E-state index < -0.39 is 0 Å². The lowest BCUT2D eigenvalue weighted by atomic mass is 10.1. The molecule has 2 aromatic heterocycles. The standard InChI is InChI=1S/C11H13NOS2/c1-7-3-5-14-10(7)9(12)11-8(13-2)4-6-15-11/h3-6,9H,12H2,1-2H3. The molecule has 0 saturated heterocycles. The van der Waals surface area contributed by atoms with Crippen molar-refractivity contribution in [3.8, 4) is 5.75 Å². The Morgan fingerprint density at radius 1 is 1.20 bits per heavy atom. The summed E-state index contributed by atoms with van der Waals surface area (Å²) in [5.41, 5.74) is 7.48. The predicted molar refractivity (Wildman–Crippen MR) is 66.0 cm³/mol. The molecular weight excluding hydrogens is 226 g/mol. The number of nitrogens with two attached hydrogens (primary N) is 1. The zero-order valence-corrected chi connectivity index (χ0v) is 10.3. The van der Waals surface area contributed by atoms with Gasteiger partial charge in [-0.25, -0.2) is 0 Å². The molecule has 0 spiro atoms. The van der Waals surface area contributed by atoms with Gasteiger partial charge in [0.1, 0.15) is 5.75 Å². The number of hydrogen-bond donors (Lipinski definition) is 1. The molecule has 1 atom stereocenters. The average Bonchev–Trinajstić information content (AvgIpc) is 2.84. The topological polar surface area (TPSA) is 35.2 Å². The van der Waals surface area contributed by atoms with Crippen LogP contribution in [-0.2, 0) is 0 Å². The van der Waals surface area contributed by atoms with Gasteiger partial charge in [-0.05, 0) is 35.4 Å². The van der Waals surface area contributed by atoms with Crippen LogP contribution in [0.1, 0.15) is 21.4 Å². The van der Waals surface area contributed by atoms with E-state index in [1.807, 2.05) is 11.4 Å². The number of rotatable bonds is 3. The van der Waals surface area contributed by atoms with E-state index >= 15 is 0 Å². The first-order valence-corrected chi connectivity index (χ1v) is 6.41. The van der Waals surface area contributed by atoms with Gasteiger partial charge in [0.05, 0.1) is 18.0 Å². The first kappa shape index (κ1) is 10.7. The van der Waals surface area contributed by atoms with E-state index in [4.69, 9.17) is 10.5 Å². The molecule has 80 valence electrons. The fraction of sp³-hybridized carbons (Fsp3) is 0.273. The number of hydrogen-bond acceptors (Lipinski definition) is 4. The van der Waals surface area contributed by atoms with Gasteiger partial charge in [0.15, 0.2) is 0 Å². The molecule has 15 heavy (non-hydrogen) atoms. The Morgan fingerprint density at radius 2 is 1.87 bits per heavy atom. The third-order valence-corrected chi connectivity index (χ3v) is 4.43. The highest BCUT2D eigenvalue weighted by Gasteiger charge is 2.18. The van der Waals surface area contributed by atoms with Crippen LogP contribution in [-0.4, -0.2) is 7.11 Å². The summed E-state index contributed by atoms with van der Waals surface area (Å²) in [6.07, 6.45) is 0. The highest BCUT2D eigenvalue weighted by Crippen LogP contribution is 2.36. The summed E-state index contributed by atoms with van der Waals surface area (Å²) in [5.74, 6) is 0.889. The zero-order valence-electron chi connectivity index (χ0n) is 8.69. The van der Waals surface area contributed by atoms with Crippen LogP contribution in [0.2, 0.25) is 0 Å². The maximum atomic E-state index is 6.22. The molecule has 0 bridgehead atoms. The largest absolute Gasteiger partial charge is 0.496 e. The van der Waals surface area contributed by atoms with E-state index in [0.29, 0.717) is 0 Å². The van der Waals surface area contributed by atoms with Crippen molar-refractivity contribution in [2.75, 3.05) is 7.11 Å². The molecule has 0 radical (unpaired) electrons. The molecule has 1 unspecified atom stereocenters. The van der Waals surface area contributed by atoms with E-state index in [9.17, 15) is 0 Å². The summed E-state index contributed by atoms with van der Waals surface area (Å²) >= 11 is 3.35. The van der Waals surface area contributed by atoms with E-state index in [2.05, 4.69) is 18.4 Å². The SMILES string of the molecule is COc1ccsc1C(N)c1sccc1C. The molecule has 0 saturated carbocycles. The molecule has 0 amide bonds. The molecule has 0 aliphatic carbocycles. The van der Waals surface area contributed by atoms with Crippen LogP contribution in [0.5, 0.6) is 5.75 Å². The van der Waals surface area contributed by atoms with Crippen LogP contribution in [0.15, 0.2) is 22.9 Å². The van der Waals surface area contributed by atoms with E-state index in [0.717, 1.165) is 10.6 Å². The van der Waals surface area contributed by atoms with Gasteiger partial charge in [0.25, 0.3) is 0 Å². The lowest BCUT2D eigenvalue weighted by Gasteiger charge is -2.11. The smallest absolute Gasteiger partial charge is 0.134 e. The van der Waals surface area contributed by atoms with Gasteiger partial charge in [-0.15, -0.1) is 22.7 Å². The van der Waals surface area contributed by atoms with Gasteiger partial charge in [0, 0.05) is 4.88 Å². The Bertz CT molecular complexity index is 447. The summed E-state index contributed by atoms with van der Waals surface area (Å²) in [6.45, 7) is 2.09. The fourth-order valence-electron chi connectivity index (χ4n) is 1.53. The predicted octanol–water partition coefficient (Wildman–Crippen LogP) is 3.17. The Labute approximate surface area is 97.3 Å². The first-order chi connectivity index (χ1) is 7.24. The van der Waals surface area contributed by atoms with Crippen molar-refractivity contribution in [2.45, 2.75) is 13.0 Å². The Kier molecular flexibility index (Phi) is 3.09. The van der Waals surface area contributed by atoms with E-state index in [1.165, 1.54) is 10.4 Å². The van der Waals surface area contributed by atoms with Crippen LogP contribution < -0.4 is 10.5 Å². The van der Waals surface area contributed by atoms with Crippen molar-refractivity contribution >= 4 is 22.7 Å². The summed E-state index contributed by atoms with van der Waals surface area (Å²) < 4.78 is 5.28. The van der Waals surface area contributed by atoms with Crippen molar-refractivity contribution in [1.82, 2.24) is 0 Å². The number of thiophene rings is 2. The summed E-state index contributed by atoms with van der Waals surface area (Å²) in [7, 11) is 1.68. The minimum absolute atomic E-state index is 0.0556. The highest BCUT2D eigenvalue weighted by atomic mass is 32.1. The molecule has 2 heterocycles. The lowest BCUT2D eigenvalue weighted by Crippen LogP contribution is -2.10. The summed E-state index contributed by atoms with van der Waals surface area (Å²) in [6, 6.07) is 4.00. The van der Waals surface area contributed by atoms with Crippen molar-refractivity contribution < 1.29 is 4.74 Å². The third kappa shape index (κ3) is 1.93. The van der Waals surface area contributed by atoms with Gasteiger partial charge in [-0.1, -0.05) is 0 Å². The molecule has 0 fully saturated rings.